The maximum absolute atomic E-state index is 11.9. The van der Waals surface area contributed by atoms with Gasteiger partial charge >= 0.3 is 0 Å². The first-order valence-corrected chi connectivity index (χ1v) is 18.5. The van der Waals surface area contributed by atoms with Crippen LogP contribution in [0.1, 0.15) is 113 Å². The fourth-order valence-electron chi connectivity index (χ4n) is 11.8. The minimum absolute atomic E-state index is 0.135. The smallest absolute Gasteiger partial charge is 0.150 e. The molecule has 1 aliphatic heterocycles. The molecule has 40 heavy (non-hydrogen) atoms. The van der Waals surface area contributed by atoms with Gasteiger partial charge in [0.1, 0.15) is 9.84 Å². The van der Waals surface area contributed by atoms with Gasteiger partial charge in [-0.05, 0) is 136 Å². The normalized spacial score (nSPS) is 44.5. The molecule has 0 bridgehead atoms. The molecule has 0 amide bonds. The van der Waals surface area contributed by atoms with Gasteiger partial charge in [-0.2, -0.15) is 0 Å². The molecular formula is C35H60N2O2S. The van der Waals surface area contributed by atoms with Crippen LogP contribution in [0.5, 0.6) is 0 Å². The lowest BCUT2D eigenvalue weighted by atomic mass is 9.35. The van der Waals surface area contributed by atoms with Gasteiger partial charge in [-0.3, -0.25) is 0 Å². The van der Waals surface area contributed by atoms with Gasteiger partial charge in [0.2, 0.25) is 0 Å². The van der Waals surface area contributed by atoms with Crippen LogP contribution in [0.15, 0.2) is 23.8 Å². The zero-order valence-corrected chi connectivity index (χ0v) is 27.9. The van der Waals surface area contributed by atoms with E-state index in [1.54, 1.807) is 5.57 Å². The van der Waals surface area contributed by atoms with Crippen molar-refractivity contribution < 1.29 is 8.42 Å². The molecule has 0 aromatic rings. The topological polar surface area (TPSA) is 49.4 Å². The number of piperidine rings is 1. The minimum Gasteiger partial charge on any atom is -0.310 e. The molecule has 5 rings (SSSR count). The van der Waals surface area contributed by atoms with Gasteiger partial charge in [-0.1, -0.05) is 52.8 Å². The Balaban J connectivity index is 1.24. The summed E-state index contributed by atoms with van der Waals surface area (Å²) >= 11 is 0. The molecule has 4 fully saturated rings. The van der Waals surface area contributed by atoms with Crippen molar-refractivity contribution in [1.29, 1.82) is 0 Å². The number of nitrogens with zero attached hydrogens (tertiary/aromatic N) is 1. The maximum atomic E-state index is 11.9. The summed E-state index contributed by atoms with van der Waals surface area (Å²) < 4.78 is 23.9. The fourth-order valence-corrected chi connectivity index (χ4v) is 12.8. The van der Waals surface area contributed by atoms with Crippen molar-refractivity contribution >= 4 is 9.84 Å². The zero-order chi connectivity index (χ0) is 29.2. The van der Waals surface area contributed by atoms with Crippen LogP contribution < -0.4 is 5.32 Å². The highest BCUT2D eigenvalue weighted by atomic mass is 32.2. The second kappa shape index (κ2) is 10.5. The molecule has 7 atom stereocenters. The standard InChI is InChI=1S/C35H60N2O2S/c1-9-10-26-11-19-34(6)28(31(26,2)3)14-20-35(7)29-13-18-33(5,25-32(29,4)17-12-30(34)35)36-21-24-37-22-15-27(16-23-37)40(8,38)39/h9-11,27-30,36H,12-25H2,1-8H3/b10-9-. The van der Waals surface area contributed by atoms with Gasteiger partial charge in [0, 0.05) is 24.9 Å². The lowest BCUT2D eigenvalue weighted by molar-refractivity contribution is -0.190. The lowest BCUT2D eigenvalue weighted by Gasteiger charge is -2.70. The van der Waals surface area contributed by atoms with Crippen molar-refractivity contribution in [3.8, 4) is 0 Å². The van der Waals surface area contributed by atoms with E-state index in [-0.39, 0.29) is 16.2 Å². The van der Waals surface area contributed by atoms with Crippen LogP contribution >= 0.6 is 0 Å². The number of sulfone groups is 1. The molecule has 1 heterocycles. The average Bonchev–Trinajstić information content (AvgIpc) is 2.84. The Labute approximate surface area is 247 Å². The quantitative estimate of drug-likeness (QED) is 0.360. The van der Waals surface area contributed by atoms with Gasteiger partial charge < -0.3 is 10.2 Å². The highest BCUT2D eigenvalue weighted by Gasteiger charge is 2.65. The van der Waals surface area contributed by atoms with E-state index in [0.717, 1.165) is 56.8 Å². The Kier molecular flexibility index (Phi) is 8.09. The highest BCUT2D eigenvalue weighted by molar-refractivity contribution is 7.91. The molecule has 1 saturated heterocycles. The maximum Gasteiger partial charge on any atom is 0.150 e. The summed E-state index contributed by atoms with van der Waals surface area (Å²) in [6.45, 7) is 21.6. The molecule has 7 unspecified atom stereocenters. The number of hydrogen-bond acceptors (Lipinski definition) is 4. The second-order valence-corrected chi connectivity index (χ2v) is 18.9. The van der Waals surface area contributed by atoms with Crippen molar-refractivity contribution in [2.45, 2.75) is 123 Å². The predicted molar refractivity (Wildman–Crippen MR) is 169 cm³/mol. The van der Waals surface area contributed by atoms with Crippen molar-refractivity contribution in [2.75, 3.05) is 32.4 Å². The van der Waals surface area contributed by atoms with Crippen LogP contribution in [-0.2, 0) is 9.84 Å². The Morgan fingerprint density at radius 1 is 0.900 bits per heavy atom. The lowest BCUT2D eigenvalue weighted by Crippen LogP contribution is -2.64. The zero-order valence-electron chi connectivity index (χ0n) is 27.1. The number of allylic oxidation sites excluding steroid dienone is 4. The third kappa shape index (κ3) is 5.21. The summed E-state index contributed by atoms with van der Waals surface area (Å²) in [4.78, 5) is 2.47. The van der Waals surface area contributed by atoms with E-state index >= 15 is 0 Å². The van der Waals surface area contributed by atoms with E-state index in [4.69, 9.17) is 0 Å². The fraction of sp³-hybridized carbons (Fsp3) is 0.886. The Morgan fingerprint density at radius 3 is 2.20 bits per heavy atom. The van der Waals surface area contributed by atoms with Gasteiger partial charge in [0.25, 0.3) is 0 Å². The summed E-state index contributed by atoms with van der Waals surface area (Å²) in [6.07, 6.45) is 21.0. The third-order valence-corrected chi connectivity index (χ3v) is 15.3. The number of likely N-dealkylation sites (tertiary alicyclic amines) is 1. The van der Waals surface area contributed by atoms with Crippen molar-refractivity contribution in [3.63, 3.8) is 0 Å². The van der Waals surface area contributed by atoms with E-state index in [1.165, 1.54) is 57.6 Å². The molecule has 228 valence electrons. The molecule has 1 N–H and O–H groups in total. The van der Waals surface area contributed by atoms with E-state index in [1.807, 2.05) is 0 Å². The second-order valence-electron chi connectivity index (χ2n) is 16.6. The summed E-state index contributed by atoms with van der Waals surface area (Å²) in [5, 5.41) is 3.90. The Morgan fingerprint density at radius 2 is 1.55 bits per heavy atom. The molecule has 3 saturated carbocycles. The van der Waals surface area contributed by atoms with Gasteiger partial charge in [0.05, 0.1) is 5.25 Å². The van der Waals surface area contributed by atoms with Gasteiger partial charge in [0.15, 0.2) is 0 Å². The summed E-state index contributed by atoms with van der Waals surface area (Å²) in [5.41, 5.74) is 3.31. The Hall–Kier alpha value is -0.650. The number of fused-ring (bicyclic) bond motifs is 5. The highest BCUT2D eigenvalue weighted by Crippen LogP contribution is 2.72. The van der Waals surface area contributed by atoms with Crippen LogP contribution in [0.2, 0.25) is 0 Å². The van der Waals surface area contributed by atoms with Crippen molar-refractivity contribution in [2.24, 2.45) is 39.4 Å². The third-order valence-electron chi connectivity index (χ3n) is 13.6. The first kappa shape index (κ1) is 30.8. The molecular weight excluding hydrogens is 512 g/mol. The van der Waals surface area contributed by atoms with Crippen LogP contribution in [0.3, 0.4) is 0 Å². The molecule has 4 aliphatic carbocycles. The molecule has 5 heteroatoms. The SMILES string of the molecule is C/C=C\C1=CCC2(C)C(CCC3(C)C4CCC(C)(NCCN5CCC(S(C)(=O)=O)CC5)CC4(C)CCC32)C1(C)C. The van der Waals surface area contributed by atoms with Crippen LogP contribution in [0.25, 0.3) is 0 Å². The molecule has 0 spiro atoms. The first-order valence-electron chi connectivity index (χ1n) is 16.6. The molecule has 0 aromatic heterocycles. The van der Waals surface area contributed by atoms with E-state index in [9.17, 15) is 8.42 Å². The average molecular weight is 573 g/mol. The van der Waals surface area contributed by atoms with E-state index in [0.29, 0.717) is 16.2 Å². The van der Waals surface area contributed by atoms with Crippen LogP contribution in [0, 0.1) is 39.4 Å². The predicted octanol–water partition coefficient (Wildman–Crippen LogP) is 7.42. The van der Waals surface area contributed by atoms with Crippen LogP contribution in [-0.4, -0.2) is 56.5 Å². The van der Waals surface area contributed by atoms with Crippen molar-refractivity contribution in [1.82, 2.24) is 10.2 Å². The Bertz CT molecular complexity index is 1120. The summed E-state index contributed by atoms with van der Waals surface area (Å²) in [7, 11) is -2.90. The number of hydrogen-bond donors (Lipinski definition) is 1. The van der Waals surface area contributed by atoms with Gasteiger partial charge in [-0.25, -0.2) is 8.42 Å². The van der Waals surface area contributed by atoms with E-state index in [2.05, 4.69) is 76.9 Å². The molecule has 0 aromatic carbocycles. The molecule has 4 nitrogen and oxygen atoms in total. The monoisotopic (exact) mass is 572 g/mol. The number of rotatable bonds is 6. The largest absolute Gasteiger partial charge is 0.310 e. The van der Waals surface area contributed by atoms with Crippen molar-refractivity contribution in [3.05, 3.63) is 23.8 Å². The summed E-state index contributed by atoms with van der Waals surface area (Å²) in [6, 6.07) is 0. The van der Waals surface area contributed by atoms with Crippen LogP contribution in [0.4, 0.5) is 0 Å². The first-order chi connectivity index (χ1) is 18.6. The van der Waals surface area contributed by atoms with Gasteiger partial charge in [-0.15, -0.1) is 0 Å². The van der Waals surface area contributed by atoms with E-state index < -0.39 is 9.84 Å². The number of nitrogens with one attached hydrogen (secondary N) is 1. The molecule has 0 radical (unpaired) electrons. The minimum atomic E-state index is -2.90. The molecule has 5 aliphatic rings. The summed E-state index contributed by atoms with van der Waals surface area (Å²) in [5.74, 6) is 2.42.